The topological polar surface area (TPSA) is 54.6 Å². The van der Waals surface area contributed by atoms with Crippen molar-refractivity contribution in [1.29, 1.82) is 5.26 Å². The third kappa shape index (κ3) is 3.15. The Morgan fingerprint density at radius 1 is 1.33 bits per heavy atom. The lowest BCUT2D eigenvalue weighted by atomic mass is 9.89. The molecule has 1 aliphatic carbocycles. The average Bonchev–Trinajstić information content (AvgIpc) is 2.95. The van der Waals surface area contributed by atoms with Crippen LogP contribution in [-0.2, 0) is 12.8 Å². The third-order valence-electron chi connectivity index (χ3n) is 4.36. The van der Waals surface area contributed by atoms with Crippen LogP contribution in [0.15, 0.2) is 23.2 Å². The van der Waals surface area contributed by atoms with Crippen LogP contribution in [0.1, 0.15) is 34.9 Å². The van der Waals surface area contributed by atoms with Gasteiger partial charge in [-0.3, -0.25) is 0 Å². The van der Waals surface area contributed by atoms with Gasteiger partial charge < -0.3 is 9.47 Å². The number of rotatable bonds is 4. The van der Waals surface area contributed by atoms with Crippen molar-refractivity contribution in [2.45, 2.75) is 26.2 Å². The van der Waals surface area contributed by atoms with Crippen molar-refractivity contribution in [3.63, 3.8) is 0 Å². The van der Waals surface area contributed by atoms with Gasteiger partial charge in [0, 0.05) is 16.7 Å². The van der Waals surface area contributed by atoms with Crippen LogP contribution < -0.4 is 9.47 Å². The molecule has 0 fully saturated rings. The molecule has 2 aromatic rings. The Morgan fingerprint density at radius 2 is 2.17 bits per heavy atom. The molecule has 4 nitrogen and oxygen atoms in total. The molecule has 0 saturated carbocycles. The Kier molecular flexibility index (Phi) is 4.86. The molecular formula is C19H20N2O2S. The van der Waals surface area contributed by atoms with Crippen molar-refractivity contribution in [3.05, 3.63) is 39.8 Å². The van der Waals surface area contributed by atoms with Crippen molar-refractivity contribution >= 4 is 22.6 Å². The van der Waals surface area contributed by atoms with Crippen molar-refractivity contribution < 1.29 is 9.47 Å². The van der Waals surface area contributed by atoms with E-state index in [1.165, 1.54) is 10.4 Å². The van der Waals surface area contributed by atoms with Gasteiger partial charge >= 0.3 is 0 Å². The minimum absolute atomic E-state index is 0.679. The second-order valence-electron chi connectivity index (χ2n) is 6.01. The molecule has 0 amide bonds. The zero-order valence-electron chi connectivity index (χ0n) is 14.1. The summed E-state index contributed by atoms with van der Waals surface area (Å²) in [6.07, 6.45) is 4.93. The molecule has 0 N–H and O–H groups in total. The maximum absolute atomic E-state index is 9.55. The summed E-state index contributed by atoms with van der Waals surface area (Å²) in [7, 11) is 3.26. The maximum Gasteiger partial charge on any atom is 0.134 e. The quantitative estimate of drug-likeness (QED) is 0.769. The molecule has 1 aliphatic rings. The van der Waals surface area contributed by atoms with Crippen LogP contribution in [0.3, 0.4) is 0 Å². The number of fused-ring (bicyclic) bond motifs is 1. The van der Waals surface area contributed by atoms with Gasteiger partial charge in [0.25, 0.3) is 0 Å². The van der Waals surface area contributed by atoms with Gasteiger partial charge in [0.2, 0.25) is 0 Å². The van der Waals surface area contributed by atoms with E-state index in [4.69, 9.17) is 9.47 Å². The number of nitriles is 1. The Labute approximate surface area is 146 Å². The monoisotopic (exact) mass is 340 g/mol. The molecule has 3 rings (SSSR count). The fourth-order valence-electron chi connectivity index (χ4n) is 3.01. The highest BCUT2D eigenvalue weighted by molar-refractivity contribution is 7.16. The van der Waals surface area contributed by atoms with Crippen molar-refractivity contribution in [3.8, 4) is 17.6 Å². The Balaban J connectivity index is 1.97. The molecule has 0 bridgehead atoms. The summed E-state index contributed by atoms with van der Waals surface area (Å²) in [5.41, 5.74) is 2.77. The van der Waals surface area contributed by atoms with Gasteiger partial charge in [-0.15, -0.1) is 11.3 Å². The van der Waals surface area contributed by atoms with Crippen molar-refractivity contribution in [2.24, 2.45) is 10.9 Å². The summed E-state index contributed by atoms with van der Waals surface area (Å²) in [5.74, 6) is 2.16. The largest absolute Gasteiger partial charge is 0.497 e. The van der Waals surface area contributed by atoms with E-state index in [-0.39, 0.29) is 0 Å². The van der Waals surface area contributed by atoms with E-state index in [1.807, 2.05) is 18.2 Å². The summed E-state index contributed by atoms with van der Waals surface area (Å²) >= 11 is 1.64. The summed E-state index contributed by atoms with van der Waals surface area (Å²) in [6.45, 7) is 2.26. The fraction of sp³-hybridized carbons (Fsp3) is 0.368. The van der Waals surface area contributed by atoms with Crippen LogP contribution in [-0.4, -0.2) is 20.4 Å². The lowest BCUT2D eigenvalue weighted by Gasteiger charge is -2.17. The number of aliphatic imine (C=N–C) groups is 1. The molecule has 1 aromatic heterocycles. The van der Waals surface area contributed by atoms with E-state index in [9.17, 15) is 5.26 Å². The number of methoxy groups -OCH3 is 2. The number of hydrogen-bond donors (Lipinski definition) is 0. The van der Waals surface area contributed by atoms with Crippen LogP contribution in [0.4, 0.5) is 5.00 Å². The summed E-state index contributed by atoms with van der Waals surface area (Å²) in [6, 6.07) is 7.93. The maximum atomic E-state index is 9.55. The predicted molar refractivity (Wildman–Crippen MR) is 97.0 cm³/mol. The molecule has 0 saturated heterocycles. The summed E-state index contributed by atoms with van der Waals surface area (Å²) < 4.78 is 10.6. The molecular weight excluding hydrogens is 320 g/mol. The molecule has 0 radical (unpaired) electrons. The Bertz CT molecular complexity index is 818. The zero-order chi connectivity index (χ0) is 17.1. The number of hydrogen-bond acceptors (Lipinski definition) is 5. The molecule has 124 valence electrons. The van der Waals surface area contributed by atoms with Gasteiger partial charge in [-0.2, -0.15) is 5.26 Å². The van der Waals surface area contributed by atoms with E-state index in [0.717, 1.165) is 46.9 Å². The molecule has 0 spiro atoms. The zero-order valence-corrected chi connectivity index (χ0v) is 14.9. The fourth-order valence-corrected chi connectivity index (χ4v) is 4.32. The standard InChI is InChI=1S/C19H20N2O2S/c1-12-4-6-15-16(10-20)19(24-18(15)8-12)21-11-13-9-14(22-2)5-7-17(13)23-3/h5,7,9,11-12H,4,6,8H2,1-3H3/b21-11+. The van der Waals surface area contributed by atoms with E-state index >= 15 is 0 Å². The predicted octanol–water partition coefficient (Wildman–Crippen LogP) is 4.51. The first-order valence-electron chi connectivity index (χ1n) is 7.97. The smallest absolute Gasteiger partial charge is 0.134 e. The van der Waals surface area contributed by atoms with Gasteiger partial charge in [-0.1, -0.05) is 6.92 Å². The number of nitrogens with zero attached hydrogens (tertiary/aromatic N) is 2. The summed E-state index contributed by atoms with van der Waals surface area (Å²) in [4.78, 5) is 5.91. The molecule has 5 heteroatoms. The van der Waals surface area contributed by atoms with Crippen LogP contribution in [0, 0.1) is 17.2 Å². The Hall–Kier alpha value is -2.32. The van der Waals surface area contributed by atoms with Crippen LogP contribution in [0.25, 0.3) is 0 Å². The van der Waals surface area contributed by atoms with E-state index in [0.29, 0.717) is 5.92 Å². The first-order chi connectivity index (χ1) is 11.7. The van der Waals surface area contributed by atoms with Gasteiger partial charge in [0.05, 0.1) is 19.8 Å². The van der Waals surface area contributed by atoms with Crippen LogP contribution in [0.2, 0.25) is 0 Å². The number of ether oxygens (including phenoxy) is 2. The van der Waals surface area contributed by atoms with Crippen molar-refractivity contribution in [2.75, 3.05) is 14.2 Å². The molecule has 1 unspecified atom stereocenters. The minimum Gasteiger partial charge on any atom is -0.497 e. The first kappa shape index (κ1) is 16.5. The van der Waals surface area contributed by atoms with Gasteiger partial charge in [0.15, 0.2) is 0 Å². The van der Waals surface area contributed by atoms with Gasteiger partial charge in [-0.05, 0) is 48.9 Å². The molecule has 24 heavy (non-hydrogen) atoms. The first-order valence-corrected chi connectivity index (χ1v) is 8.78. The molecule has 0 aliphatic heterocycles. The highest BCUT2D eigenvalue weighted by Gasteiger charge is 2.23. The SMILES string of the molecule is COc1ccc(OC)c(/C=N/c2sc3c(c2C#N)CCC(C)C3)c1. The number of thiophene rings is 1. The minimum atomic E-state index is 0.679. The van der Waals surface area contributed by atoms with Crippen molar-refractivity contribution in [1.82, 2.24) is 0 Å². The second kappa shape index (κ2) is 7.06. The lowest BCUT2D eigenvalue weighted by Crippen LogP contribution is -2.09. The van der Waals surface area contributed by atoms with E-state index in [1.54, 1.807) is 31.8 Å². The lowest BCUT2D eigenvalue weighted by molar-refractivity contribution is 0.402. The van der Waals surface area contributed by atoms with E-state index < -0.39 is 0 Å². The highest BCUT2D eigenvalue weighted by Crippen LogP contribution is 2.40. The molecule has 1 heterocycles. The second-order valence-corrected chi connectivity index (χ2v) is 7.09. The van der Waals surface area contributed by atoms with Crippen LogP contribution >= 0.6 is 11.3 Å². The molecule has 1 atom stereocenters. The van der Waals surface area contributed by atoms with Crippen LogP contribution in [0.5, 0.6) is 11.5 Å². The number of benzene rings is 1. The molecule has 1 aromatic carbocycles. The Morgan fingerprint density at radius 3 is 2.88 bits per heavy atom. The van der Waals surface area contributed by atoms with E-state index in [2.05, 4.69) is 18.0 Å². The summed E-state index contributed by atoms with van der Waals surface area (Å²) in [5, 5.41) is 10.3. The highest BCUT2D eigenvalue weighted by atomic mass is 32.1. The normalized spacial score (nSPS) is 16.7. The third-order valence-corrected chi connectivity index (χ3v) is 5.53. The van der Waals surface area contributed by atoms with Gasteiger partial charge in [-0.25, -0.2) is 4.99 Å². The van der Waals surface area contributed by atoms with Gasteiger partial charge in [0.1, 0.15) is 22.6 Å². The average molecular weight is 340 g/mol.